The van der Waals surface area contributed by atoms with Gasteiger partial charge in [0.2, 0.25) is 6.41 Å². The highest BCUT2D eigenvalue weighted by Crippen LogP contribution is 2.26. The number of hydrogen-bond acceptors (Lipinski definition) is 4. The monoisotopic (exact) mass is 258 g/mol. The molecule has 19 heavy (non-hydrogen) atoms. The molecule has 0 saturated heterocycles. The van der Waals surface area contributed by atoms with Gasteiger partial charge in [0, 0.05) is 12.1 Å². The zero-order chi connectivity index (χ0) is 13.7. The predicted octanol–water partition coefficient (Wildman–Crippen LogP) is 1.61. The summed E-state index contributed by atoms with van der Waals surface area (Å²) in [5.74, 6) is 0. The molecule has 1 aromatic rings. The number of anilines is 2. The minimum Gasteiger partial charge on any atom is -0.397 e. The number of carbonyl (C=O) groups is 1. The second kappa shape index (κ2) is 6.10. The third-order valence-electron chi connectivity index (χ3n) is 3.57. The Bertz CT molecular complexity index is 487. The lowest BCUT2D eigenvalue weighted by Gasteiger charge is -2.29. The van der Waals surface area contributed by atoms with E-state index < -0.39 is 0 Å². The number of nitrogens with one attached hydrogen (secondary N) is 2. The molecule has 5 heteroatoms. The van der Waals surface area contributed by atoms with Crippen molar-refractivity contribution in [3.63, 3.8) is 0 Å². The largest absolute Gasteiger partial charge is 0.397 e. The third-order valence-corrected chi connectivity index (χ3v) is 3.57. The quantitative estimate of drug-likeness (QED) is 0.565. The van der Waals surface area contributed by atoms with Gasteiger partial charge >= 0.3 is 0 Å². The van der Waals surface area contributed by atoms with Crippen molar-refractivity contribution in [3.8, 4) is 6.07 Å². The molecule has 0 radical (unpaired) electrons. The number of benzene rings is 1. The molecule has 0 bridgehead atoms. The first-order valence-electron chi connectivity index (χ1n) is 6.49. The van der Waals surface area contributed by atoms with Gasteiger partial charge in [0.15, 0.2) is 0 Å². The standard InChI is InChI=1S/C14H18N4O/c15-8-10-1-6-14(13(16)7-10)18-12-4-2-11(3-5-12)17-9-19/h1,6-7,9,11-12,18H,2-5,16H2,(H,17,19)/t11-,12-. The zero-order valence-electron chi connectivity index (χ0n) is 10.7. The zero-order valence-corrected chi connectivity index (χ0v) is 10.7. The summed E-state index contributed by atoms with van der Waals surface area (Å²) in [6, 6.07) is 8.04. The molecule has 0 spiro atoms. The van der Waals surface area contributed by atoms with E-state index in [0.29, 0.717) is 23.3 Å². The number of amides is 1. The van der Waals surface area contributed by atoms with Gasteiger partial charge < -0.3 is 16.4 Å². The van der Waals surface area contributed by atoms with Crippen LogP contribution in [0, 0.1) is 11.3 Å². The molecule has 1 saturated carbocycles. The summed E-state index contributed by atoms with van der Waals surface area (Å²) in [5.41, 5.74) is 7.97. The fraction of sp³-hybridized carbons (Fsp3) is 0.429. The summed E-state index contributed by atoms with van der Waals surface area (Å²) < 4.78 is 0. The normalized spacial score (nSPS) is 22.3. The van der Waals surface area contributed by atoms with Crippen molar-refractivity contribution in [1.82, 2.24) is 5.32 Å². The van der Waals surface area contributed by atoms with Crippen molar-refractivity contribution >= 4 is 17.8 Å². The van der Waals surface area contributed by atoms with Crippen LogP contribution in [-0.4, -0.2) is 18.5 Å². The Morgan fingerprint density at radius 2 is 1.95 bits per heavy atom. The molecule has 1 amide bonds. The van der Waals surface area contributed by atoms with Crippen LogP contribution in [0.3, 0.4) is 0 Å². The number of rotatable bonds is 4. The van der Waals surface area contributed by atoms with E-state index in [0.717, 1.165) is 37.8 Å². The molecular formula is C14H18N4O. The maximum atomic E-state index is 10.4. The van der Waals surface area contributed by atoms with E-state index in [9.17, 15) is 4.79 Å². The van der Waals surface area contributed by atoms with Crippen LogP contribution in [0.2, 0.25) is 0 Å². The summed E-state index contributed by atoms with van der Waals surface area (Å²) in [7, 11) is 0. The Morgan fingerprint density at radius 1 is 1.26 bits per heavy atom. The number of nitriles is 1. The SMILES string of the molecule is N#Cc1ccc(N[C@H]2CC[C@H](NC=O)CC2)c(N)c1. The van der Waals surface area contributed by atoms with E-state index in [2.05, 4.69) is 16.7 Å². The minimum absolute atomic E-state index is 0.300. The lowest BCUT2D eigenvalue weighted by Crippen LogP contribution is -2.36. The fourth-order valence-corrected chi connectivity index (χ4v) is 2.48. The van der Waals surface area contributed by atoms with E-state index >= 15 is 0 Å². The Labute approximate surface area is 112 Å². The summed E-state index contributed by atoms with van der Waals surface area (Å²) >= 11 is 0. The van der Waals surface area contributed by atoms with E-state index in [1.807, 2.05) is 6.07 Å². The summed E-state index contributed by atoms with van der Waals surface area (Å²) in [6.07, 6.45) is 4.74. The molecule has 0 aliphatic heterocycles. The average Bonchev–Trinajstić information content (AvgIpc) is 2.43. The number of carbonyl (C=O) groups excluding carboxylic acids is 1. The first-order chi connectivity index (χ1) is 9.22. The molecule has 100 valence electrons. The predicted molar refractivity (Wildman–Crippen MR) is 74.4 cm³/mol. The van der Waals surface area contributed by atoms with Crippen molar-refractivity contribution in [3.05, 3.63) is 23.8 Å². The summed E-state index contributed by atoms with van der Waals surface area (Å²) in [4.78, 5) is 10.4. The number of nitrogen functional groups attached to an aromatic ring is 1. The van der Waals surface area contributed by atoms with E-state index in [1.54, 1.807) is 12.1 Å². The van der Waals surface area contributed by atoms with Crippen molar-refractivity contribution in [2.45, 2.75) is 37.8 Å². The lowest BCUT2D eigenvalue weighted by atomic mass is 9.91. The van der Waals surface area contributed by atoms with Crippen LogP contribution >= 0.6 is 0 Å². The van der Waals surface area contributed by atoms with E-state index in [-0.39, 0.29) is 0 Å². The second-order valence-corrected chi connectivity index (χ2v) is 4.89. The molecule has 1 fully saturated rings. The maximum absolute atomic E-state index is 10.4. The molecule has 1 aromatic carbocycles. The average molecular weight is 258 g/mol. The number of hydrogen-bond donors (Lipinski definition) is 3. The van der Waals surface area contributed by atoms with Crippen LogP contribution < -0.4 is 16.4 Å². The van der Waals surface area contributed by atoms with Gasteiger partial charge in [-0.1, -0.05) is 0 Å². The molecule has 1 aliphatic rings. The summed E-state index contributed by atoms with van der Waals surface area (Å²) in [5, 5.41) is 15.0. The maximum Gasteiger partial charge on any atom is 0.207 e. The van der Waals surface area contributed by atoms with Gasteiger partial charge in [-0.15, -0.1) is 0 Å². The van der Waals surface area contributed by atoms with Crippen LogP contribution in [0.25, 0.3) is 0 Å². The smallest absolute Gasteiger partial charge is 0.207 e. The Balaban J connectivity index is 1.92. The van der Waals surface area contributed by atoms with Gasteiger partial charge in [-0.2, -0.15) is 5.26 Å². The van der Waals surface area contributed by atoms with Gasteiger partial charge in [0.25, 0.3) is 0 Å². The highest BCUT2D eigenvalue weighted by Gasteiger charge is 2.20. The first-order valence-corrected chi connectivity index (χ1v) is 6.49. The molecule has 0 unspecified atom stereocenters. The van der Waals surface area contributed by atoms with Crippen LogP contribution in [0.15, 0.2) is 18.2 Å². The van der Waals surface area contributed by atoms with Crippen LogP contribution in [0.1, 0.15) is 31.2 Å². The van der Waals surface area contributed by atoms with Crippen molar-refractivity contribution in [2.75, 3.05) is 11.1 Å². The van der Waals surface area contributed by atoms with Gasteiger partial charge in [0.05, 0.1) is 23.0 Å². The van der Waals surface area contributed by atoms with E-state index in [1.165, 1.54) is 0 Å². The highest BCUT2D eigenvalue weighted by atomic mass is 16.1. The summed E-state index contributed by atoms with van der Waals surface area (Å²) in [6.45, 7) is 0. The molecule has 2 rings (SSSR count). The van der Waals surface area contributed by atoms with Crippen molar-refractivity contribution in [1.29, 1.82) is 5.26 Å². The Morgan fingerprint density at radius 3 is 2.53 bits per heavy atom. The molecule has 1 aliphatic carbocycles. The van der Waals surface area contributed by atoms with Gasteiger partial charge in [0.1, 0.15) is 0 Å². The fourth-order valence-electron chi connectivity index (χ4n) is 2.48. The molecule has 0 heterocycles. The second-order valence-electron chi connectivity index (χ2n) is 4.89. The van der Waals surface area contributed by atoms with Crippen molar-refractivity contribution < 1.29 is 4.79 Å². The molecule has 5 nitrogen and oxygen atoms in total. The van der Waals surface area contributed by atoms with Crippen molar-refractivity contribution in [2.24, 2.45) is 0 Å². The number of nitrogens with zero attached hydrogens (tertiary/aromatic N) is 1. The first kappa shape index (κ1) is 13.2. The molecular weight excluding hydrogens is 240 g/mol. The highest BCUT2D eigenvalue weighted by molar-refractivity contribution is 5.68. The van der Waals surface area contributed by atoms with Gasteiger partial charge in [-0.3, -0.25) is 4.79 Å². The van der Waals surface area contributed by atoms with Crippen LogP contribution in [-0.2, 0) is 4.79 Å². The van der Waals surface area contributed by atoms with Gasteiger partial charge in [-0.05, 0) is 43.9 Å². The van der Waals surface area contributed by atoms with Crippen LogP contribution in [0.4, 0.5) is 11.4 Å². The van der Waals surface area contributed by atoms with Crippen LogP contribution in [0.5, 0.6) is 0 Å². The topological polar surface area (TPSA) is 90.9 Å². The Kier molecular flexibility index (Phi) is 4.24. The molecule has 0 aromatic heterocycles. The van der Waals surface area contributed by atoms with E-state index in [4.69, 9.17) is 11.0 Å². The van der Waals surface area contributed by atoms with Gasteiger partial charge in [-0.25, -0.2) is 0 Å². The third kappa shape index (κ3) is 3.38. The Hall–Kier alpha value is -2.22. The molecule has 0 atom stereocenters. The lowest BCUT2D eigenvalue weighted by molar-refractivity contribution is -0.110. The molecule has 4 N–H and O–H groups in total. The number of nitrogens with two attached hydrogens (primary N) is 1. The minimum atomic E-state index is 0.300.